The molecule has 0 aliphatic carbocycles. The summed E-state index contributed by atoms with van der Waals surface area (Å²) in [4.78, 5) is 4.01. The Morgan fingerprint density at radius 2 is 2.12 bits per heavy atom. The van der Waals surface area contributed by atoms with E-state index in [9.17, 15) is 0 Å². The molecule has 4 heteroatoms. The summed E-state index contributed by atoms with van der Waals surface area (Å²) >= 11 is 3.49. The topological polar surface area (TPSA) is 48.7 Å². The summed E-state index contributed by atoms with van der Waals surface area (Å²) in [5.74, 6) is 0. The lowest BCUT2D eigenvalue weighted by Gasteiger charge is -2.09. The molecule has 1 heterocycles. The minimum atomic E-state index is 0.576. The summed E-state index contributed by atoms with van der Waals surface area (Å²) < 4.78 is 0.963. The van der Waals surface area contributed by atoms with Gasteiger partial charge in [-0.2, -0.15) is 5.26 Å². The maximum atomic E-state index is 8.98. The number of aromatic nitrogens is 1. The number of rotatable bonds is 2. The Balaban J connectivity index is 2.35. The number of benzene rings is 1. The van der Waals surface area contributed by atoms with Gasteiger partial charge in [-0.3, -0.25) is 4.98 Å². The van der Waals surface area contributed by atoms with Gasteiger partial charge in [-0.15, -0.1) is 0 Å². The first-order valence-corrected chi connectivity index (χ1v) is 5.87. The van der Waals surface area contributed by atoms with Gasteiger partial charge in [0.1, 0.15) is 6.07 Å². The van der Waals surface area contributed by atoms with Crippen LogP contribution >= 0.6 is 15.9 Å². The van der Waals surface area contributed by atoms with Gasteiger partial charge in [0.25, 0.3) is 0 Å². The molecular formula is C13H10BrN3. The van der Waals surface area contributed by atoms with Crippen molar-refractivity contribution < 1.29 is 0 Å². The molecule has 0 saturated heterocycles. The maximum absolute atomic E-state index is 8.98. The van der Waals surface area contributed by atoms with Crippen LogP contribution in [0.15, 0.2) is 41.1 Å². The third kappa shape index (κ3) is 2.63. The van der Waals surface area contributed by atoms with E-state index in [0.29, 0.717) is 11.3 Å². The summed E-state index contributed by atoms with van der Waals surface area (Å²) in [7, 11) is 0. The van der Waals surface area contributed by atoms with Crippen LogP contribution in [0.1, 0.15) is 11.1 Å². The van der Waals surface area contributed by atoms with Gasteiger partial charge in [0.15, 0.2) is 0 Å². The zero-order valence-electron chi connectivity index (χ0n) is 9.24. The average Bonchev–Trinajstić information content (AvgIpc) is 2.33. The number of hydrogen-bond acceptors (Lipinski definition) is 3. The molecule has 3 nitrogen and oxygen atoms in total. The number of hydrogen-bond donors (Lipinski definition) is 1. The minimum Gasteiger partial charge on any atom is -0.352 e. The Hall–Kier alpha value is -1.86. The van der Waals surface area contributed by atoms with Crippen LogP contribution in [0.25, 0.3) is 0 Å². The fraction of sp³-hybridized carbons (Fsp3) is 0.0769. The van der Waals surface area contributed by atoms with Crippen LogP contribution in [0.5, 0.6) is 0 Å². The SMILES string of the molecule is Cc1ccc(Nc2cnccc2C#N)c(Br)c1. The zero-order valence-corrected chi connectivity index (χ0v) is 10.8. The molecule has 0 fully saturated rings. The second-order valence-electron chi connectivity index (χ2n) is 3.64. The standard InChI is InChI=1S/C13H10BrN3/c1-9-2-3-12(11(14)6-9)17-13-8-16-5-4-10(13)7-15/h2-6,8,17H,1H3. The predicted octanol–water partition coefficient (Wildman–Crippen LogP) is 3.77. The monoisotopic (exact) mass is 287 g/mol. The largest absolute Gasteiger partial charge is 0.352 e. The molecule has 0 atom stereocenters. The van der Waals surface area contributed by atoms with E-state index in [0.717, 1.165) is 10.2 Å². The van der Waals surface area contributed by atoms with Crippen LogP contribution in [0.2, 0.25) is 0 Å². The van der Waals surface area contributed by atoms with Crippen LogP contribution < -0.4 is 5.32 Å². The van der Waals surface area contributed by atoms with Crippen LogP contribution in [0, 0.1) is 18.3 Å². The van der Waals surface area contributed by atoms with Crippen molar-refractivity contribution in [2.45, 2.75) is 6.92 Å². The van der Waals surface area contributed by atoms with Gasteiger partial charge in [-0.1, -0.05) is 6.07 Å². The number of halogens is 1. The zero-order chi connectivity index (χ0) is 12.3. The molecule has 0 unspecified atom stereocenters. The fourth-order valence-corrected chi connectivity index (χ4v) is 2.05. The van der Waals surface area contributed by atoms with Crippen molar-refractivity contribution >= 4 is 27.3 Å². The fourth-order valence-electron chi connectivity index (χ4n) is 1.46. The highest BCUT2D eigenvalue weighted by atomic mass is 79.9. The molecule has 1 aromatic heterocycles. The Bertz CT molecular complexity index is 587. The molecule has 0 aliphatic rings. The van der Waals surface area contributed by atoms with Crippen LogP contribution in [-0.4, -0.2) is 4.98 Å². The number of aryl methyl sites for hydroxylation is 1. The van der Waals surface area contributed by atoms with E-state index >= 15 is 0 Å². The van der Waals surface area contributed by atoms with Crippen molar-refractivity contribution in [2.75, 3.05) is 5.32 Å². The molecule has 0 saturated carbocycles. The molecule has 2 rings (SSSR count). The van der Waals surface area contributed by atoms with Crippen molar-refractivity contribution in [1.82, 2.24) is 4.98 Å². The van der Waals surface area contributed by atoms with Crippen molar-refractivity contribution in [1.29, 1.82) is 5.26 Å². The predicted molar refractivity (Wildman–Crippen MR) is 71.1 cm³/mol. The smallest absolute Gasteiger partial charge is 0.101 e. The summed E-state index contributed by atoms with van der Waals surface area (Å²) in [6.45, 7) is 2.03. The number of anilines is 2. The van der Waals surface area contributed by atoms with Gasteiger partial charge in [-0.25, -0.2) is 0 Å². The van der Waals surface area contributed by atoms with Crippen molar-refractivity contribution in [2.24, 2.45) is 0 Å². The van der Waals surface area contributed by atoms with E-state index in [2.05, 4.69) is 32.3 Å². The molecule has 1 aromatic carbocycles. The summed E-state index contributed by atoms with van der Waals surface area (Å²) in [5.41, 5.74) is 3.38. The molecule has 84 valence electrons. The lowest BCUT2D eigenvalue weighted by atomic mass is 10.2. The second-order valence-corrected chi connectivity index (χ2v) is 4.50. The molecular weight excluding hydrogens is 278 g/mol. The quantitative estimate of drug-likeness (QED) is 0.915. The number of nitrogens with one attached hydrogen (secondary N) is 1. The molecule has 17 heavy (non-hydrogen) atoms. The highest BCUT2D eigenvalue weighted by molar-refractivity contribution is 9.10. The van der Waals surface area contributed by atoms with Gasteiger partial charge in [0, 0.05) is 10.7 Å². The molecule has 0 aliphatic heterocycles. The van der Waals surface area contributed by atoms with Gasteiger partial charge in [-0.05, 0) is 46.6 Å². The first-order chi connectivity index (χ1) is 8.20. The Morgan fingerprint density at radius 3 is 2.82 bits per heavy atom. The van der Waals surface area contributed by atoms with Crippen LogP contribution in [0.4, 0.5) is 11.4 Å². The summed E-state index contributed by atoms with van der Waals surface area (Å²) in [5, 5.41) is 12.2. The molecule has 0 bridgehead atoms. The van der Waals surface area contributed by atoms with E-state index in [-0.39, 0.29) is 0 Å². The van der Waals surface area contributed by atoms with Crippen LogP contribution in [0.3, 0.4) is 0 Å². The Kier molecular flexibility index (Phi) is 3.40. The number of nitrogens with zero attached hydrogens (tertiary/aromatic N) is 2. The first-order valence-electron chi connectivity index (χ1n) is 5.08. The molecule has 1 N–H and O–H groups in total. The lowest BCUT2D eigenvalue weighted by Crippen LogP contribution is -1.95. The minimum absolute atomic E-state index is 0.576. The molecule has 0 radical (unpaired) electrons. The normalized spacial score (nSPS) is 9.71. The molecule has 2 aromatic rings. The summed E-state index contributed by atoms with van der Waals surface area (Å²) in [6.07, 6.45) is 3.25. The van der Waals surface area contributed by atoms with Gasteiger partial charge >= 0.3 is 0 Å². The third-order valence-electron chi connectivity index (χ3n) is 2.34. The number of nitriles is 1. The van der Waals surface area contributed by atoms with E-state index < -0.39 is 0 Å². The van der Waals surface area contributed by atoms with E-state index in [1.807, 2.05) is 25.1 Å². The highest BCUT2D eigenvalue weighted by Crippen LogP contribution is 2.27. The van der Waals surface area contributed by atoms with Crippen molar-refractivity contribution in [3.63, 3.8) is 0 Å². The Labute approximate surface area is 108 Å². The van der Waals surface area contributed by atoms with Crippen molar-refractivity contribution in [3.05, 3.63) is 52.3 Å². The van der Waals surface area contributed by atoms with E-state index in [1.54, 1.807) is 18.5 Å². The summed E-state index contributed by atoms with van der Waals surface area (Å²) in [6, 6.07) is 9.81. The van der Waals surface area contributed by atoms with Gasteiger partial charge in [0.2, 0.25) is 0 Å². The molecule has 0 amide bonds. The molecule has 0 spiro atoms. The van der Waals surface area contributed by atoms with Crippen LogP contribution in [-0.2, 0) is 0 Å². The highest BCUT2D eigenvalue weighted by Gasteiger charge is 2.04. The van der Waals surface area contributed by atoms with Gasteiger partial charge in [0.05, 0.1) is 23.1 Å². The lowest BCUT2D eigenvalue weighted by molar-refractivity contribution is 1.30. The average molecular weight is 288 g/mol. The van der Waals surface area contributed by atoms with E-state index in [1.165, 1.54) is 5.56 Å². The van der Waals surface area contributed by atoms with Crippen molar-refractivity contribution in [3.8, 4) is 6.07 Å². The maximum Gasteiger partial charge on any atom is 0.101 e. The third-order valence-corrected chi connectivity index (χ3v) is 2.99. The Morgan fingerprint density at radius 1 is 1.29 bits per heavy atom. The second kappa shape index (κ2) is 4.98. The van der Waals surface area contributed by atoms with Gasteiger partial charge < -0.3 is 5.32 Å². The first kappa shape index (κ1) is 11.6. The number of pyridine rings is 1. The van der Waals surface area contributed by atoms with E-state index in [4.69, 9.17) is 5.26 Å².